The lowest BCUT2D eigenvalue weighted by Gasteiger charge is -2.24. The Bertz CT molecular complexity index is 1130. The van der Waals surface area contributed by atoms with Crippen LogP contribution in [0.1, 0.15) is 38.3 Å². The minimum Gasteiger partial charge on any atom is -0.493 e. The van der Waals surface area contributed by atoms with Crippen molar-refractivity contribution in [3.8, 4) is 28.7 Å². The molecule has 0 amide bonds. The Morgan fingerprint density at radius 3 is 2.00 bits per heavy atom. The molecule has 0 radical (unpaired) electrons. The highest BCUT2D eigenvalue weighted by Crippen LogP contribution is 2.47. The van der Waals surface area contributed by atoms with Crippen LogP contribution in [-0.4, -0.2) is 69.1 Å². The monoisotopic (exact) mass is 531 g/mol. The fourth-order valence-electron chi connectivity index (χ4n) is 4.24. The van der Waals surface area contributed by atoms with E-state index in [2.05, 4.69) is 25.9 Å². The van der Waals surface area contributed by atoms with Crippen LogP contribution in [0, 0.1) is 0 Å². The molecule has 1 N–H and O–H groups in total. The third-order valence-corrected chi connectivity index (χ3v) is 7.29. The summed E-state index contributed by atoms with van der Waals surface area (Å²) < 4.78 is 39.6. The molecule has 1 aliphatic rings. The third-order valence-electron chi connectivity index (χ3n) is 5.86. The minimum absolute atomic E-state index is 0.0683. The lowest BCUT2D eigenvalue weighted by molar-refractivity contribution is 0.0491. The first-order valence-corrected chi connectivity index (χ1v) is 13.2. The Labute approximate surface area is 220 Å². The second kappa shape index (κ2) is 12.4. The van der Waals surface area contributed by atoms with E-state index in [-0.39, 0.29) is 17.9 Å². The van der Waals surface area contributed by atoms with Crippen LogP contribution in [0.2, 0.25) is 5.04 Å². The number of oxime groups is 1. The lowest BCUT2D eigenvalue weighted by atomic mass is 9.94. The van der Waals surface area contributed by atoms with Crippen molar-refractivity contribution in [1.82, 2.24) is 0 Å². The maximum Gasteiger partial charge on any atom is 0.203 e. The molecule has 0 fully saturated rings. The first-order chi connectivity index (χ1) is 17.7. The molecular weight excluding hydrogens is 494 g/mol. The number of hydrogen-bond acceptors (Lipinski definition) is 9. The number of ether oxygens (including phenoxy) is 6. The second-order valence-corrected chi connectivity index (χ2v) is 12.5. The van der Waals surface area contributed by atoms with E-state index in [0.29, 0.717) is 40.9 Å². The Morgan fingerprint density at radius 2 is 1.49 bits per heavy atom. The molecule has 0 heterocycles. The summed E-state index contributed by atoms with van der Waals surface area (Å²) in [4.78, 5) is 0. The summed E-state index contributed by atoms with van der Waals surface area (Å²) in [6.07, 6.45) is 0.107. The molecule has 37 heavy (non-hydrogen) atoms. The number of nitrogens with zero attached hydrogens (tertiary/aromatic N) is 1. The van der Waals surface area contributed by atoms with E-state index in [1.54, 1.807) is 35.5 Å². The Kier molecular flexibility index (Phi) is 9.47. The maximum absolute atomic E-state index is 10.1. The Morgan fingerprint density at radius 1 is 0.865 bits per heavy atom. The number of benzene rings is 2. The van der Waals surface area contributed by atoms with Crippen LogP contribution in [0.3, 0.4) is 0 Å². The van der Waals surface area contributed by atoms with Gasteiger partial charge in [0.1, 0.15) is 0 Å². The summed E-state index contributed by atoms with van der Waals surface area (Å²) >= 11 is 0. The van der Waals surface area contributed by atoms with Crippen LogP contribution in [-0.2, 0) is 9.16 Å². The van der Waals surface area contributed by atoms with Gasteiger partial charge in [0.05, 0.1) is 40.3 Å². The number of methoxy groups -OCH3 is 5. The normalized spacial score (nSPS) is 17.1. The summed E-state index contributed by atoms with van der Waals surface area (Å²) in [5.74, 6) is 2.57. The van der Waals surface area contributed by atoms with E-state index in [0.717, 1.165) is 22.3 Å². The molecule has 2 aromatic carbocycles. The van der Waals surface area contributed by atoms with Crippen molar-refractivity contribution < 1.29 is 38.1 Å². The van der Waals surface area contributed by atoms with E-state index in [4.69, 9.17) is 32.8 Å². The van der Waals surface area contributed by atoms with Crippen molar-refractivity contribution in [3.05, 3.63) is 41.5 Å². The summed E-state index contributed by atoms with van der Waals surface area (Å²) in [7, 11) is 6.90. The molecule has 10 heteroatoms. The van der Waals surface area contributed by atoms with Gasteiger partial charge in [-0.25, -0.2) is 0 Å². The van der Waals surface area contributed by atoms with Crippen LogP contribution in [0.5, 0.6) is 28.7 Å². The molecule has 0 aliphatic heterocycles. The van der Waals surface area contributed by atoms with Gasteiger partial charge in [0.15, 0.2) is 39.6 Å². The maximum atomic E-state index is 10.1. The molecule has 0 spiro atoms. The fraction of sp³-hybridized carbons (Fsp3) is 0.444. The fourth-order valence-corrected chi connectivity index (χ4v) is 5.22. The smallest absolute Gasteiger partial charge is 0.203 e. The van der Waals surface area contributed by atoms with Gasteiger partial charge < -0.3 is 38.1 Å². The van der Waals surface area contributed by atoms with Crippen LogP contribution >= 0.6 is 0 Å². The minimum atomic E-state index is -0.935. The van der Waals surface area contributed by atoms with E-state index < -0.39 is 9.76 Å². The summed E-state index contributed by atoms with van der Waals surface area (Å²) in [5.41, 5.74) is 3.71. The average molecular weight is 532 g/mol. The predicted octanol–water partition coefficient (Wildman–Crippen LogP) is 4.54. The highest BCUT2D eigenvalue weighted by Gasteiger charge is 2.35. The van der Waals surface area contributed by atoms with Gasteiger partial charge in [-0.15, -0.1) is 0 Å². The number of rotatable bonds is 11. The summed E-state index contributed by atoms with van der Waals surface area (Å²) in [6, 6.07) is 9.36. The number of allylic oxidation sites excluding steroid dienone is 1. The van der Waals surface area contributed by atoms with E-state index in [1.165, 1.54) is 0 Å². The van der Waals surface area contributed by atoms with Crippen molar-refractivity contribution in [3.63, 3.8) is 0 Å². The van der Waals surface area contributed by atoms with Gasteiger partial charge >= 0.3 is 0 Å². The molecule has 3 rings (SSSR count). The number of hydrogen-bond donors (Lipinski definition) is 1. The van der Waals surface area contributed by atoms with Crippen molar-refractivity contribution >= 4 is 26.6 Å². The first-order valence-electron chi connectivity index (χ1n) is 11.9. The molecule has 9 nitrogen and oxygen atoms in total. The summed E-state index contributed by atoms with van der Waals surface area (Å²) in [6.45, 7) is 6.58. The highest BCUT2D eigenvalue weighted by atomic mass is 28.2. The van der Waals surface area contributed by atoms with Crippen molar-refractivity contribution in [2.75, 3.05) is 42.3 Å². The van der Waals surface area contributed by atoms with Gasteiger partial charge in [0.2, 0.25) is 5.75 Å². The molecule has 0 bridgehead atoms. The SMILES string of the molecule is COCOc1cc(C2=C(c3cc(OC)c(OC)c(OC)c3)/C(=N\O)CC2O[SiH2]C(C)(C)C)ccc1OC. The van der Waals surface area contributed by atoms with Gasteiger partial charge in [-0.3, -0.25) is 0 Å². The Hall–Kier alpha value is -3.21. The quantitative estimate of drug-likeness (QED) is 0.195. The van der Waals surface area contributed by atoms with Crippen LogP contribution < -0.4 is 23.7 Å². The molecule has 1 atom stereocenters. The van der Waals surface area contributed by atoms with E-state index in [1.807, 2.05) is 30.3 Å². The van der Waals surface area contributed by atoms with Crippen LogP contribution in [0.25, 0.3) is 11.1 Å². The van der Waals surface area contributed by atoms with E-state index in [9.17, 15) is 5.21 Å². The molecule has 0 aromatic heterocycles. The highest BCUT2D eigenvalue weighted by molar-refractivity contribution is 6.36. The van der Waals surface area contributed by atoms with Gasteiger partial charge in [-0.05, 0) is 46.0 Å². The summed E-state index contributed by atoms with van der Waals surface area (Å²) in [5, 5.41) is 13.8. The zero-order valence-corrected chi connectivity index (χ0v) is 24.3. The van der Waals surface area contributed by atoms with E-state index >= 15 is 0 Å². The standard InChI is InChI=1S/C27H37NO8Si/c1-27(2,3)37-36-21-14-18(28-29)24(17-12-22(32-6)26(34-8)23(13-17)33-7)25(21)16-9-10-19(31-5)20(11-16)35-15-30-4/h9-13,21,29H,14-15,37H2,1-8H3/b28-18-. The van der Waals surface area contributed by atoms with Crippen molar-refractivity contribution in [1.29, 1.82) is 0 Å². The molecule has 0 saturated carbocycles. The zero-order chi connectivity index (χ0) is 27.2. The van der Waals surface area contributed by atoms with Crippen LogP contribution in [0.15, 0.2) is 35.5 Å². The Balaban J connectivity index is 2.29. The van der Waals surface area contributed by atoms with Gasteiger partial charge in [-0.1, -0.05) is 32.0 Å². The van der Waals surface area contributed by atoms with Gasteiger partial charge in [-0.2, -0.15) is 0 Å². The van der Waals surface area contributed by atoms with Crippen LogP contribution in [0.4, 0.5) is 0 Å². The second-order valence-electron chi connectivity index (χ2n) is 9.73. The molecular formula is C27H37NO8Si. The lowest BCUT2D eigenvalue weighted by Crippen LogP contribution is -2.21. The topological polar surface area (TPSA) is 97.2 Å². The third kappa shape index (κ3) is 6.38. The average Bonchev–Trinajstić information content (AvgIpc) is 3.27. The molecule has 202 valence electrons. The van der Waals surface area contributed by atoms with Crippen molar-refractivity contribution in [2.24, 2.45) is 5.16 Å². The molecule has 2 aromatic rings. The molecule has 1 unspecified atom stereocenters. The molecule has 0 saturated heterocycles. The zero-order valence-electron chi connectivity index (χ0n) is 22.8. The molecule has 1 aliphatic carbocycles. The van der Waals surface area contributed by atoms with Crippen molar-refractivity contribution in [2.45, 2.75) is 38.3 Å². The first kappa shape index (κ1) is 28.4. The van der Waals surface area contributed by atoms with Gasteiger partial charge in [0, 0.05) is 19.1 Å². The van der Waals surface area contributed by atoms with Gasteiger partial charge in [0.25, 0.3) is 0 Å². The predicted molar refractivity (Wildman–Crippen MR) is 145 cm³/mol. The largest absolute Gasteiger partial charge is 0.493 e.